The number of hydrogen-bond acceptors (Lipinski definition) is 11. The number of cyclic esters (lactones) is 1. The number of fused-ring (bicyclic) bond motifs is 6. The van der Waals surface area contributed by atoms with E-state index in [0.29, 0.717) is 44.0 Å². The van der Waals surface area contributed by atoms with Crippen LogP contribution in [0.4, 0.5) is 0 Å². The van der Waals surface area contributed by atoms with Gasteiger partial charge in [-0.15, -0.1) is 11.3 Å². The molecule has 0 radical (unpaired) electrons. The summed E-state index contributed by atoms with van der Waals surface area (Å²) in [5.74, 6) is -0.738. The molecule has 1 unspecified atom stereocenters. The molecule has 3 aromatic heterocycles. The number of esters is 1. The van der Waals surface area contributed by atoms with E-state index < -0.39 is 23.6 Å². The highest BCUT2D eigenvalue weighted by molar-refractivity contribution is 7.10. The quantitative estimate of drug-likeness (QED) is 0.236. The molecule has 0 spiro atoms. The molecule has 274 valence electrons. The zero-order chi connectivity index (χ0) is 36.4. The Morgan fingerprint density at radius 2 is 2.04 bits per heavy atom. The summed E-state index contributed by atoms with van der Waals surface area (Å²) in [7, 11) is 5.63. The van der Waals surface area contributed by atoms with Crippen LogP contribution in [-0.2, 0) is 36.8 Å². The minimum absolute atomic E-state index is 0.195. The normalized spacial score (nSPS) is 21.9. The Kier molecular flexibility index (Phi) is 11.2. The number of pyridine rings is 1. The van der Waals surface area contributed by atoms with Crippen LogP contribution in [0, 0.1) is 5.41 Å². The van der Waals surface area contributed by atoms with Crippen LogP contribution >= 0.6 is 11.3 Å². The van der Waals surface area contributed by atoms with Crippen molar-refractivity contribution in [3.8, 4) is 22.5 Å². The smallest absolute Gasteiger partial charge is 0.324 e. The van der Waals surface area contributed by atoms with E-state index in [1.165, 1.54) is 16.3 Å². The van der Waals surface area contributed by atoms with Crippen LogP contribution in [0.5, 0.6) is 0 Å². The van der Waals surface area contributed by atoms with Gasteiger partial charge in [-0.1, -0.05) is 19.9 Å². The molecule has 6 bridgehead atoms. The van der Waals surface area contributed by atoms with Gasteiger partial charge in [0.2, 0.25) is 0 Å². The van der Waals surface area contributed by atoms with Crippen molar-refractivity contribution in [3.05, 3.63) is 58.2 Å². The minimum Gasteiger partial charge on any atom is -0.464 e. The summed E-state index contributed by atoms with van der Waals surface area (Å²) < 4.78 is 20.5. The molecule has 2 aliphatic heterocycles. The van der Waals surface area contributed by atoms with Gasteiger partial charge in [0.15, 0.2) is 0 Å². The minimum atomic E-state index is -1.04. The molecule has 1 aromatic carbocycles. The Labute approximate surface area is 304 Å². The number of aryl methyl sites for hydroxylation is 1. The van der Waals surface area contributed by atoms with Gasteiger partial charge in [0.05, 0.1) is 36.4 Å². The van der Waals surface area contributed by atoms with Crippen LogP contribution in [-0.4, -0.2) is 95.9 Å². The molecule has 13 heteroatoms. The van der Waals surface area contributed by atoms with E-state index in [4.69, 9.17) is 29.9 Å². The molecular formula is C38H51N7O5S. The van der Waals surface area contributed by atoms with Gasteiger partial charge in [-0.25, -0.2) is 10.4 Å². The summed E-state index contributed by atoms with van der Waals surface area (Å²) in [6.45, 7) is 10.8. The third-order valence-electron chi connectivity index (χ3n) is 9.82. The lowest BCUT2D eigenvalue weighted by molar-refractivity contribution is -0.155. The van der Waals surface area contributed by atoms with Gasteiger partial charge in [0.25, 0.3) is 5.91 Å². The molecule has 51 heavy (non-hydrogen) atoms. The first-order valence-electron chi connectivity index (χ1n) is 17.8. The summed E-state index contributed by atoms with van der Waals surface area (Å²) >= 11 is 1.43. The number of nitrogens with one attached hydrogen (secondary N) is 1. The van der Waals surface area contributed by atoms with Crippen molar-refractivity contribution in [2.24, 2.45) is 11.1 Å². The Morgan fingerprint density at radius 3 is 2.78 bits per heavy atom. The Hall–Kier alpha value is -3.72. The second-order valence-corrected chi connectivity index (χ2v) is 15.5. The number of methoxy groups -OCH3 is 1. The van der Waals surface area contributed by atoms with E-state index in [-0.39, 0.29) is 24.6 Å². The number of rotatable bonds is 8. The van der Waals surface area contributed by atoms with Crippen molar-refractivity contribution in [3.63, 3.8) is 0 Å². The Morgan fingerprint density at radius 1 is 1.24 bits per heavy atom. The summed E-state index contributed by atoms with van der Waals surface area (Å²) in [6, 6.07) is 8.83. The van der Waals surface area contributed by atoms with E-state index in [0.717, 1.165) is 51.2 Å². The number of ether oxygens (including phenoxy) is 3. The Balaban J connectivity index is 1.53. The summed E-state index contributed by atoms with van der Waals surface area (Å²) in [4.78, 5) is 39.2. The molecule has 2 aliphatic rings. The van der Waals surface area contributed by atoms with Gasteiger partial charge in [-0.2, -0.15) is 0 Å². The molecule has 4 aromatic rings. The Bertz CT molecular complexity index is 1870. The fraction of sp³-hybridized carbons (Fsp3) is 0.526. The maximum Gasteiger partial charge on any atom is 0.324 e. The van der Waals surface area contributed by atoms with Crippen LogP contribution < -0.4 is 11.2 Å². The SMILES string of the molecule is CCn1c(-c2cccnc2[C@H](C)OC)c2c3cc(ccc31)-c1csc(n1)C(OCCN(C)C)[C@H](N)C(=O)N1CCC[C@H](N1)C(=O)OCC(C)(C)C2. The van der Waals surface area contributed by atoms with Crippen molar-refractivity contribution in [2.75, 3.05) is 47.5 Å². The molecule has 0 aliphatic carbocycles. The number of benzene rings is 1. The second kappa shape index (κ2) is 15.5. The van der Waals surface area contributed by atoms with Crippen molar-refractivity contribution in [2.45, 2.75) is 77.8 Å². The van der Waals surface area contributed by atoms with Gasteiger partial charge in [-0.3, -0.25) is 19.6 Å². The standard InChI is InChI=1S/C38H51N7O5S/c1-8-44-30-14-13-24-19-26(30)27(33(44)25-11-9-15-40-32(25)23(2)48-7)20-38(3,4)22-50-37(47)28-12-10-16-45(42-28)36(46)31(39)34(49-18-17-43(5)6)35-41-29(24)21-51-35/h9,11,13-15,19,21,23,28,31,34,42H,8,10,12,16-18,20,22,39H2,1-7H3/t23-,28-,31-,34?/m0/s1. The number of carbonyl (C=O) groups is 2. The van der Waals surface area contributed by atoms with Gasteiger partial charge in [0.1, 0.15) is 23.2 Å². The van der Waals surface area contributed by atoms with Crippen LogP contribution in [0.25, 0.3) is 33.4 Å². The van der Waals surface area contributed by atoms with Crippen LogP contribution in [0.2, 0.25) is 0 Å². The largest absolute Gasteiger partial charge is 0.464 e. The molecule has 6 rings (SSSR count). The van der Waals surface area contributed by atoms with Crippen molar-refractivity contribution >= 4 is 34.1 Å². The molecule has 5 heterocycles. The maximum atomic E-state index is 13.8. The highest BCUT2D eigenvalue weighted by atomic mass is 32.1. The van der Waals surface area contributed by atoms with Gasteiger partial charge < -0.3 is 29.4 Å². The monoisotopic (exact) mass is 717 g/mol. The van der Waals surface area contributed by atoms with E-state index >= 15 is 0 Å². The number of hydrogen-bond donors (Lipinski definition) is 2. The van der Waals surface area contributed by atoms with Crippen molar-refractivity contribution in [1.82, 2.24) is 29.9 Å². The molecule has 3 N–H and O–H groups in total. The molecule has 1 amide bonds. The number of nitrogens with zero attached hydrogens (tertiary/aromatic N) is 5. The van der Waals surface area contributed by atoms with E-state index in [1.807, 2.05) is 37.4 Å². The van der Waals surface area contributed by atoms with E-state index in [9.17, 15) is 9.59 Å². The number of carbonyl (C=O) groups excluding carboxylic acids is 2. The fourth-order valence-corrected chi connectivity index (χ4v) is 7.94. The summed E-state index contributed by atoms with van der Waals surface area (Å²) in [5, 5.41) is 5.18. The third kappa shape index (κ3) is 7.74. The molecule has 4 atom stereocenters. The predicted octanol–water partition coefficient (Wildman–Crippen LogP) is 5.12. The molecule has 1 saturated heterocycles. The predicted molar refractivity (Wildman–Crippen MR) is 199 cm³/mol. The summed E-state index contributed by atoms with van der Waals surface area (Å²) in [6.07, 6.45) is 2.62. The first-order valence-corrected chi connectivity index (χ1v) is 18.7. The zero-order valence-electron chi connectivity index (χ0n) is 30.8. The topological polar surface area (TPSA) is 137 Å². The average molecular weight is 718 g/mol. The van der Waals surface area contributed by atoms with E-state index in [1.54, 1.807) is 13.3 Å². The lowest BCUT2D eigenvalue weighted by Crippen LogP contribution is -2.60. The number of hydrazine groups is 1. The number of amides is 1. The maximum absolute atomic E-state index is 13.8. The summed E-state index contributed by atoms with van der Waals surface area (Å²) in [5.41, 5.74) is 16.3. The molecule has 0 saturated carbocycles. The van der Waals surface area contributed by atoms with E-state index in [2.05, 4.69) is 55.0 Å². The number of thiazole rings is 1. The lowest BCUT2D eigenvalue weighted by atomic mass is 9.84. The average Bonchev–Trinajstić information content (AvgIpc) is 3.73. The number of likely N-dealkylation sites (N-methyl/N-ethyl adjacent to an activating group) is 1. The molecular weight excluding hydrogens is 667 g/mol. The highest BCUT2D eigenvalue weighted by Gasteiger charge is 2.37. The lowest BCUT2D eigenvalue weighted by Gasteiger charge is -2.36. The number of aromatic nitrogens is 3. The van der Waals surface area contributed by atoms with Crippen LogP contribution in [0.15, 0.2) is 41.9 Å². The molecule has 1 fully saturated rings. The first-order chi connectivity index (χ1) is 24.4. The molecule has 12 nitrogen and oxygen atoms in total. The highest BCUT2D eigenvalue weighted by Crippen LogP contribution is 2.42. The van der Waals surface area contributed by atoms with Gasteiger partial charge in [0, 0.05) is 65.8 Å². The van der Waals surface area contributed by atoms with Crippen LogP contribution in [0.1, 0.15) is 69.0 Å². The third-order valence-corrected chi connectivity index (χ3v) is 10.7. The number of nitrogens with two attached hydrogens (primary N) is 1. The second-order valence-electron chi connectivity index (χ2n) is 14.6. The van der Waals surface area contributed by atoms with Gasteiger partial charge >= 0.3 is 5.97 Å². The van der Waals surface area contributed by atoms with Crippen molar-refractivity contribution in [1.29, 1.82) is 0 Å². The zero-order valence-corrected chi connectivity index (χ0v) is 31.6. The fourth-order valence-electron chi connectivity index (χ4n) is 7.01. The van der Waals surface area contributed by atoms with Gasteiger partial charge in [-0.05, 0) is 77.0 Å². The van der Waals surface area contributed by atoms with Crippen LogP contribution in [0.3, 0.4) is 0 Å². The van der Waals surface area contributed by atoms with Crippen molar-refractivity contribution < 1.29 is 23.8 Å². The first kappa shape index (κ1) is 37.1.